The molecule has 44 heavy (non-hydrogen) atoms. The van der Waals surface area contributed by atoms with Crippen molar-refractivity contribution in [2.24, 2.45) is 0 Å². The van der Waals surface area contributed by atoms with E-state index in [0.29, 0.717) is 5.56 Å². The number of nitrogens with one attached hydrogen (secondary N) is 1. The van der Waals surface area contributed by atoms with Gasteiger partial charge in [-0.05, 0) is 58.9 Å². The SMILES string of the molecule is CCCCCCCOc1ccc(-c2ccc(-c3ccc(C[C@H](NC(=O)c4ccc(C(C)(C)C)cc4)C(=O)O)cc3)nc2)cc1. The van der Waals surface area contributed by atoms with Gasteiger partial charge in [0.25, 0.3) is 5.91 Å². The summed E-state index contributed by atoms with van der Waals surface area (Å²) < 4.78 is 5.88. The van der Waals surface area contributed by atoms with Crippen LogP contribution in [-0.2, 0) is 16.6 Å². The highest BCUT2D eigenvalue weighted by atomic mass is 16.5. The standard InChI is InChI=1S/C38H44N2O4/c1-5-6-7-8-9-24-44-33-21-16-28(17-22-33)31-18-23-34(39-26-31)29-12-10-27(11-13-29)25-35(37(42)43)40-36(41)30-14-19-32(20-15-30)38(2,3)4/h10-23,26,35H,5-9,24-25H2,1-4H3,(H,40,41)(H,42,43)/t35-/m0/s1. The first kappa shape index (κ1) is 32.5. The Morgan fingerprint density at radius 2 is 1.43 bits per heavy atom. The van der Waals surface area contributed by atoms with Crippen LogP contribution in [0, 0.1) is 0 Å². The second-order valence-corrected chi connectivity index (χ2v) is 12.3. The van der Waals surface area contributed by atoms with Crippen molar-refractivity contribution >= 4 is 11.9 Å². The number of carboxylic acid groups (broad SMARTS) is 1. The van der Waals surface area contributed by atoms with E-state index in [1.807, 2.05) is 66.9 Å². The molecule has 0 fully saturated rings. The van der Waals surface area contributed by atoms with Crippen molar-refractivity contribution in [1.82, 2.24) is 10.3 Å². The zero-order valence-corrected chi connectivity index (χ0v) is 26.3. The van der Waals surface area contributed by atoms with Gasteiger partial charge in [0.05, 0.1) is 12.3 Å². The number of pyridine rings is 1. The zero-order chi connectivity index (χ0) is 31.5. The summed E-state index contributed by atoms with van der Waals surface area (Å²) in [5.74, 6) is -0.597. The largest absolute Gasteiger partial charge is 0.494 e. The number of unbranched alkanes of at least 4 members (excludes halogenated alkanes) is 4. The Morgan fingerprint density at radius 3 is 2.02 bits per heavy atom. The predicted molar refractivity (Wildman–Crippen MR) is 177 cm³/mol. The number of benzene rings is 3. The lowest BCUT2D eigenvalue weighted by Gasteiger charge is -2.19. The van der Waals surface area contributed by atoms with E-state index in [1.54, 1.807) is 12.1 Å². The first-order chi connectivity index (χ1) is 21.1. The molecular formula is C38H44N2O4. The Hall–Kier alpha value is -4.45. The Kier molecular flexibility index (Phi) is 11.3. The minimum Gasteiger partial charge on any atom is -0.494 e. The van der Waals surface area contributed by atoms with E-state index < -0.39 is 17.9 Å². The average Bonchev–Trinajstić information content (AvgIpc) is 3.03. The van der Waals surface area contributed by atoms with E-state index in [1.165, 1.54) is 25.7 Å². The molecule has 0 aliphatic carbocycles. The molecule has 6 nitrogen and oxygen atoms in total. The third-order valence-corrected chi connectivity index (χ3v) is 7.77. The van der Waals surface area contributed by atoms with Gasteiger partial charge in [-0.25, -0.2) is 4.79 Å². The number of carbonyl (C=O) groups excluding carboxylic acids is 1. The van der Waals surface area contributed by atoms with Gasteiger partial charge in [-0.2, -0.15) is 0 Å². The van der Waals surface area contributed by atoms with Gasteiger partial charge in [0.2, 0.25) is 0 Å². The Balaban J connectivity index is 1.32. The summed E-state index contributed by atoms with van der Waals surface area (Å²) in [6.45, 7) is 9.28. The molecule has 230 valence electrons. The molecule has 1 heterocycles. The van der Waals surface area contributed by atoms with Gasteiger partial charge in [0.15, 0.2) is 0 Å². The zero-order valence-electron chi connectivity index (χ0n) is 26.3. The Morgan fingerprint density at radius 1 is 0.795 bits per heavy atom. The second kappa shape index (κ2) is 15.3. The molecule has 0 saturated heterocycles. The number of amides is 1. The molecule has 6 heteroatoms. The molecule has 2 N–H and O–H groups in total. The molecular weight excluding hydrogens is 548 g/mol. The Labute approximate surface area is 261 Å². The molecule has 3 aromatic carbocycles. The third-order valence-electron chi connectivity index (χ3n) is 7.77. The van der Waals surface area contributed by atoms with Crippen LogP contribution in [0.15, 0.2) is 91.1 Å². The topological polar surface area (TPSA) is 88.5 Å². The summed E-state index contributed by atoms with van der Waals surface area (Å²) in [7, 11) is 0. The van der Waals surface area contributed by atoms with Crippen molar-refractivity contribution in [2.45, 2.75) is 77.7 Å². The highest BCUT2D eigenvalue weighted by molar-refractivity contribution is 5.96. The van der Waals surface area contributed by atoms with E-state index >= 15 is 0 Å². The summed E-state index contributed by atoms with van der Waals surface area (Å²) in [6, 6.07) is 26.0. The quantitative estimate of drug-likeness (QED) is 0.143. The highest BCUT2D eigenvalue weighted by Crippen LogP contribution is 2.26. The van der Waals surface area contributed by atoms with Gasteiger partial charge in [0, 0.05) is 29.3 Å². The molecule has 1 amide bonds. The number of hydrogen-bond acceptors (Lipinski definition) is 4. The molecule has 0 bridgehead atoms. The first-order valence-corrected chi connectivity index (χ1v) is 15.6. The molecule has 0 aliphatic rings. The lowest BCUT2D eigenvalue weighted by atomic mass is 9.86. The van der Waals surface area contributed by atoms with Crippen LogP contribution in [0.5, 0.6) is 5.75 Å². The Bertz CT molecular complexity index is 1490. The second-order valence-electron chi connectivity index (χ2n) is 12.3. The third kappa shape index (κ3) is 9.27. The number of aliphatic carboxylic acids is 1. The van der Waals surface area contributed by atoms with Crippen molar-refractivity contribution in [1.29, 1.82) is 0 Å². The highest BCUT2D eigenvalue weighted by Gasteiger charge is 2.22. The molecule has 4 rings (SSSR count). The maximum atomic E-state index is 12.8. The molecule has 0 unspecified atom stereocenters. The van der Waals surface area contributed by atoms with Crippen LogP contribution in [0.4, 0.5) is 0 Å². The molecule has 0 spiro atoms. The van der Waals surface area contributed by atoms with Crippen LogP contribution >= 0.6 is 0 Å². The van der Waals surface area contributed by atoms with E-state index in [0.717, 1.165) is 52.3 Å². The summed E-state index contributed by atoms with van der Waals surface area (Å²) in [4.78, 5) is 29.4. The van der Waals surface area contributed by atoms with Gasteiger partial charge in [-0.3, -0.25) is 9.78 Å². The fourth-order valence-electron chi connectivity index (χ4n) is 4.99. The summed E-state index contributed by atoms with van der Waals surface area (Å²) in [5, 5.41) is 12.5. The van der Waals surface area contributed by atoms with Crippen molar-refractivity contribution in [2.75, 3.05) is 6.61 Å². The van der Waals surface area contributed by atoms with Crippen LogP contribution in [0.25, 0.3) is 22.4 Å². The minimum absolute atomic E-state index is 0.0307. The van der Waals surface area contributed by atoms with Crippen LogP contribution in [-0.4, -0.2) is 34.6 Å². The maximum Gasteiger partial charge on any atom is 0.326 e. The number of aromatic nitrogens is 1. The van der Waals surface area contributed by atoms with Crippen LogP contribution in [0.1, 0.15) is 81.3 Å². The molecule has 0 saturated carbocycles. The molecule has 4 aromatic rings. The fourth-order valence-corrected chi connectivity index (χ4v) is 4.99. The van der Waals surface area contributed by atoms with E-state index in [-0.39, 0.29) is 11.8 Å². The van der Waals surface area contributed by atoms with Gasteiger partial charge in [-0.15, -0.1) is 0 Å². The van der Waals surface area contributed by atoms with Gasteiger partial charge in [0.1, 0.15) is 11.8 Å². The van der Waals surface area contributed by atoms with Crippen LogP contribution in [0.2, 0.25) is 0 Å². The monoisotopic (exact) mass is 592 g/mol. The normalized spacial score (nSPS) is 12.0. The maximum absolute atomic E-state index is 12.8. The molecule has 0 aliphatic heterocycles. The van der Waals surface area contributed by atoms with Gasteiger partial charge in [-0.1, -0.05) is 108 Å². The fraction of sp³-hybridized carbons (Fsp3) is 0.342. The lowest BCUT2D eigenvalue weighted by molar-refractivity contribution is -0.139. The number of rotatable bonds is 14. The van der Waals surface area contributed by atoms with E-state index in [4.69, 9.17) is 4.74 Å². The van der Waals surface area contributed by atoms with Gasteiger partial charge < -0.3 is 15.2 Å². The number of nitrogens with zero attached hydrogens (tertiary/aromatic N) is 1. The lowest BCUT2D eigenvalue weighted by Crippen LogP contribution is -2.42. The molecule has 0 radical (unpaired) electrons. The summed E-state index contributed by atoms with van der Waals surface area (Å²) >= 11 is 0. The van der Waals surface area contributed by atoms with Gasteiger partial charge >= 0.3 is 5.97 Å². The summed E-state index contributed by atoms with van der Waals surface area (Å²) in [6.07, 6.45) is 8.12. The minimum atomic E-state index is -1.08. The van der Waals surface area contributed by atoms with Crippen molar-refractivity contribution in [3.8, 4) is 28.1 Å². The van der Waals surface area contributed by atoms with Crippen molar-refractivity contribution in [3.05, 3.63) is 108 Å². The number of hydrogen-bond donors (Lipinski definition) is 2. The van der Waals surface area contributed by atoms with E-state index in [2.05, 4.69) is 50.1 Å². The number of ether oxygens (including phenoxy) is 1. The molecule has 1 aromatic heterocycles. The number of carboxylic acids is 1. The van der Waals surface area contributed by atoms with Crippen LogP contribution < -0.4 is 10.1 Å². The smallest absolute Gasteiger partial charge is 0.326 e. The average molecular weight is 593 g/mol. The first-order valence-electron chi connectivity index (χ1n) is 15.6. The van der Waals surface area contributed by atoms with Crippen molar-refractivity contribution < 1.29 is 19.4 Å². The van der Waals surface area contributed by atoms with Crippen LogP contribution in [0.3, 0.4) is 0 Å². The van der Waals surface area contributed by atoms with E-state index in [9.17, 15) is 14.7 Å². The predicted octanol–water partition coefficient (Wildman–Crippen LogP) is 8.49. The molecule has 1 atom stereocenters. The summed E-state index contributed by atoms with van der Waals surface area (Å²) in [5.41, 5.74) is 6.16. The van der Waals surface area contributed by atoms with Crippen molar-refractivity contribution in [3.63, 3.8) is 0 Å². The number of carbonyl (C=O) groups is 2.